The Labute approximate surface area is 117 Å². The number of nitrogens with zero attached hydrogens (tertiary/aromatic N) is 2. The Bertz CT molecular complexity index is 272. The van der Waals surface area contributed by atoms with E-state index in [4.69, 9.17) is 4.74 Å². The van der Waals surface area contributed by atoms with E-state index in [0.29, 0.717) is 6.61 Å². The van der Waals surface area contributed by atoms with E-state index in [1.54, 1.807) is 0 Å². The zero-order valence-electron chi connectivity index (χ0n) is 12.8. The summed E-state index contributed by atoms with van der Waals surface area (Å²) < 4.78 is 5.64. The molecule has 0 bridgehead atoms. The Morgan fingerprint density at radius 2 is 1.89 bits per heavy atom. The molecule has 1 N–H and O–H groups in total. The minimum absolute atomic E-state index is 0.163. The van der Waals surface area contributed by atoms with Gasteiger partial charge in [0.15, 0.2) is 0 Å². The van der Waals surface area contributed by atoms with Crippen LogP contribution in [-0.4, -0.2) is 72.0 Å². The first-order chi connectivity index (χ1) is 8.94. The minimum Gasteiger partial charge on any atom is -0.389 e. The van der Waals surface area contributed by atoms with Gasteiger partial charge in [0, 0.05) is 19.1 Å². The highest BCUT2D eigenvalue weighted by Crippen LogP contribution is 2.20. The monoisotopic (exact) mass is 270 g/mol. The molecule has 2 aliphatic heterocycles. The first kappa shape index (κ1) is 15.2. The van der Waals surface area contributed by atoms with E-state index in [2.05, 4.69) is 9.80 Å². The average Bonchev–Trinajstić information content (AvgIpc) is 2.94. The highest BCUT2D eigenvalue weighted by Gasteiger charge is 2.30. The summed E-state index contributed by atoms with van der Waals surface area (Å²) in [5.41, 5.74) is -0.163. The second-order valence-electron chi connectivity index (χ2n) is 7.02. The van der Waals surface area contributed by atoms with Crippen LogP contribution in [0, 0.1) is 0 Å². The molecule has 2 unspecified atom stereocenters. The first-order valence-corrected chi connectivity index (χ1v) is 7.72. The highest BCUT2D eigenvalue weighted by molar-refractivity contribution is 4.86. The topological polar surface area (TPSA) is 35.9 Å². The number of β-amino-alcohol motifs (C(OH)–C–C–N with tert-alkyl or cyclic N) is 1. The van der Waals surface area contributed by atoms with Gasteiger partial charge in [0.2, 0.25) is 0 Å². The van der Waals surface area contributed by atoms with Gasteiger partial charge in [-0.3, -0.25) is 9.80 Å². The van der Waals surface area contributed by atoms with Crippen molar-refractivity contribution < 1.29 is 9.84 Å². The van der Waals surface area contributed by atoms with Crippen LogP contribution in [0.25, 0.3) is 0 Å². The molecule has 0 radical (unpaired) electrons. The van der Waals surface area contributed by atoms with Crippen LogP contribution in [0.2, 0.25) is 0 Å². The van der Waals surface area contributed by atoms with Gasteiger partial charge in [0.25, 0.3) is 0 Å². The van der Waals surface area contributed by atoms with Crippen molar-refractivity contribution in [3.05, 3.63) is 0 Å². The Hall–Kier alpha value is -0.160. The van der Waals surface area contributed by atoms with Crippen LogP contribution < -0.4 is 0 Å². The molecule has 4 heteroatoms. The van der Waals surface area contributed by atoms with E-state index in [0.717, 1.165) is 25.7 Å². The molecule has 0 aliphatic carbocycles. The lowest BCUT2D eigenvalue weighted by Crippen LogP contribution is -2.39. The van der Waals surface area contributed by atoms with E-state index >= 15 is 0 Å². The van der Waals surface area contributed by atoms with Crippen LogP contribution in [0.3, 0.4) is 0 Å². The first-order valence-electron chi connectivity index (χ1n) is 7.72. The van der Waals surface area contributed by atoms with Crippen molar-refractivity contribution in [2.75, 3.05) is 39.3 Å². The molecule has 2 heterocycles. The number of likely N-dealkylation sites (tertiary alicyclic amines) is 2. The maximum Gasteiger partial charge on any atom is 0.0900 e. The smallest absolute Gasteiger partial charge is 0.0900 e. The molecule has 2 rings (SSSR count). The summed E-state index contributed by atoms with van der Waals surface area (Å²) in [5, 5.41) is 10.0. The Balaban J connectivity index is 1.66. The maximum atomic E-state index is 10.0. The van der Waals surface area contributed by atoms with Crippen molar-refractivity contribution in [2.24, 2.45) is 0 Å². The molecule has 19 heavy (non-hydrogen) atoms. The molecular weight excluding hydrogens is 240 g/mol. The van der Waals surface area contributed by atoms with Crippen LogP contribution in [0.5, 0.6) is 0 Å². The van der Waals surface area contributed by atoms with Crippen molar-refractivity contribution in [1.29, 1.82) is 0 Å². The van der Waals surface area contributed by atoms with Crippen LogP contribution >= 0.6 is 0 Å². The number of aliphatic hydroxyl groups excluding tert-OH is 1. The zero-order valence-corrected chi connectivity index (χ0v) is 12.8. The van der Waals surface area contributed by atoms with Crippen molar-refractivity contribution in [1.82, 2.24) is 9.80 Å². The van der Waals surface area contributed by atoms with Gasteiger partial charge in [-0.1, -0.05) is 0 Å². The van der Waals surface area contributed by atoms with Crippen LogP contribution in [-0.2, 0) is 4.74 Å². The van der Waals surface area contributed by atoms with Gasteiger partial charge in [-0.15, -0.1) is 0 Å². The molecule has 2 aliphatic rings. The van der Waals surface area contributed by atoms with Crippen molar-refractivity contribution in [3.8, 4) is 0 Å². The maximum absolute atomic E-state index is 10.0. The van der Waals surface area contributed by atoms with Gasteiger partial charge >= 0.3 is 0 Å². The summed E-state index contributed by atoms with van der Waals surface area (Å²) in [7, 11) is 0. The molecule has 0 spiro atoms. The average molecular weight is 270 g/mol. The summed E-state index contributed by atoms with van der Waals surface area (Å²) in [6.07, 6.45) is 3.61. The van der Waals surface area contributed by atoms with E-state index in [1.165, 1.54) is 32.4 Å². The summed E-state index contributed by atoms with van der Waals surface area (Å²) in [5.74, 6) is 0. The van der Waals surface area contributed by atoms with Crippen LogP contribution in [0.1, 0.15) is 40.0 Å². The number of rotatable bonds is 5. The van der Waals surface area contributed by atoms with Gasteiger partial charge in [0.1, 0.15) is 0 Å². The fourth-order valence-corrected chi connectivity index (χ4v) is 3.08. The molecule has 2 saturated heterocycles. The third-order valence-corrected chi connectivity index (χ3v) is 4.08. The van der Waals surface area contributed by atoms with E-state index < -0.39 is 0 Å². The van der Waals surface area contributed by atoms with Crippen LogP contribution in [0.15, 0.2) is 0 Å². The minimum atomic E-state index is -0.364. The molecule has 0 aromatic rings. The Morgan fingerprint density at radius 3 is 2.53 bits per heavy atom. The molecule has 0 saturated carbocycles. The van der Waals surface area contributed by atoms with Crippen molar-refractivity contribution in [3.63, 3.8) is 0 Å². The van der Waals surface area contributed by atoms with Crippen molar-refractivity contribution in [2.45, 2.75) is 57.8 Å². The number of aliphatic hydroxyl groups is 1. The number of hydrogen-bond acceptors (Lipinski definition) is 4. The zero-order chi connectivity index (χ0) is 13.9. The lowest BCUT2D eigenvalue weighted by atomic mass is 10.2. The molecule has 2 fully saturated rings. The van der Waals surface area contributed by atoms with Gasteiger partial charge < -0.3 is 9.84 Å². The third kappa shape index (κ3) is 5.03. The third-order valence-electron chi connectivity index (χ3n) is 4.08. The lowest BCUT2D eigenvalue weighted by molar-refractivity contribution is -0.0550. The Kier molecular flexibility index (Phi) is 5.23. The molecule has 2 atom stereocenters. The summed E-state index contributed by atoms with van der Waals surface area (Å²) in [4.78, 5) is 5.01. The summed E-state index contributed by atoms with van der Waals surface area (Å²) in [6.45, 7) is 12.1. The normalized spacial score (nSPS) is 28.1. The fourth-order valence-electron chi connectivity index (χ4n) is 3.08. The molecular formula is C15H30N2O2. The van der Waals surface area contributed by atoms with E-state index in [1.807, 2.05) is 20.8 Å². The van der Waals surface area contributed by atoms with Gasteiger partial charge in [-0.2, -0.15) is 0 Å². The fraction of sp³-hybridized carbons (Fsp3) is 1.00. The van der Waals surface area contributed by atoms with Crippen molar-refractivity contribution >= 4 is 0 Å². The largest absolute Gasteiger partial charge is 0.389 e. The quantitative estimate of drug-likeness (QED) is 0.818. The van der Waals surface area contributed by atoms with E-state index in [-0.39, 0.29) is 11.7 Å². The molecule has 0 aromatic heterocycles. The lowest BCUT2D eigenvalue weighted by Gasteiger charge is -2.26. The standard InChI is InChI=1S/C15H30N2O2/c1-15(2,3)19-12-14(18)11-16-9-6-13(10-16)17-7-4-5-8-17/h13-14,18H,4-12H2,1-3H3. The number of hydrogen-bond donors (Lipinski definition) is 1. The Morgan fingerprint density at radius 1 is 1.21 bits per heavy atom. The molecule has 112 valence electrons. The predicted octanol–water partition coefficient (Wildman–Crippen LogP) is 1.33. The molecule has 0 aromatic carbocycles. The summed E-state index contributed by atoms with van der Waals surface area (Å²) >= 11 is 0. The van der Waals surface area contributed by atoms with Gasteiger partial charge in [0.05, 0.1) is 18.3 Å². The molecule has 0 amide bonds. The second-order valence-corrected chi connectivity index (χ2v) is 7.02. The highest BCUT2D eigenvalue weighted by atomic mass is 16.5. The predicted molar refractivity (Wildman–Crippen MR) is 77.4 cm³/mol. The SMILES string of the molecule is CC(C)(C)OCC(O)CN1CCC(N2CCCC2)C1. The van der Waals surface area contributed by atoms with Gasteiger partial charge in [-0.05, 0) is 59.7 Å². The van der Waals surface area contributed by atoms with E-state index in [9.17, 15) is 5.11 Å². The second kappa shape index (κ2) is 6.53. The summed E-state index contributed by atoms with van der Waals surface area (Å²) in [6, 6.07) is 0.721. The van der Waals surface area contributed by atoms with Crippen LogP contribution in [0.4, 0.5) is 0 Å². The number of ether oxygens (including phenoxy) is 1. The van der Waals surface area contributed by atoms with Gasteiger partial charge in [-0.25, -0.2) is 0 Å². The molecule has 4 nitrogen and oxygen atoms in total.